The van der Waals surface area contributed by atoms with Crippen molar-refractivity contribution in [2.45, 2.75) is 46.1 Å². The lowest BCUT2D eigenvalue weighted by atomic mass is 10.1. The van der Waals surface area contributed by atoms with Crippen molar-refractivity contribution in [3.8, 4) is 5.69 Å². The maximum absolute atomic E-state index is 13.3. The molecule has 1 N–H and O–H groups in total. The monoisotopic (exact) mass is 287 g/mol. The molecule has 21 heavy (non-hydrogen) atoms. The molecule has 4 heteroatoms. The number of nitrogens with zero attached hydrogens (tertiary/aromatic N) is 2. The molecule has 0 saturated heterocycles. The summed E-state index contributed by atoms with van der Waals surface area (Å²) in [4.78, 5) is 0. The van der Waals surface area contributed by atoms with Crippen LogP contribution in [0.2, 0.25) is 0 Å². The molecule has 3 nitrogen and oxygen atoms in total. The van der Waals surface area contributed by atoms with E-state index in [9.17, 15) is 4.39 Å². The molecule has 1 heterocycles. The third-order valence-corrected chi connectivity index (χ3v) is 4.21. The van der Waals surface area contributed by atoms with Gasteiger partial charge in [0.15, 0.2) is 0 Å². The molecule has 0 atom stereocenters. The number of aryl methyl sites for hydroxylation is 2. The lowest BCUT2D eigenvalue weighted by Gasteiger charge is -2.09. The minimum absolute atomic E-state index is 0.202. The van der Waals surface area contributed by atoms with E-state index in [4.69, 9.17) is 0 Å². The number of benzene rings is 1. The fourth-order valence-corrected chi connectivity index (χ4v) is 2.82. The molecule has 0 aliphatic heterocycles. The Morgan fingerprint density at radius 2 is 2.05 bits per heavy atom. The first-order valence-electron chi connectivity index (χ1n) is 7.61. The van der Waals surface area contributed by atoms with E-state index in [1.165, 1.54) is 24.5 Å². The van der Waals surface area contributed by atoms with E-state index < -0.39 is 0 Å². The molecule has 3 rings (SSSR count). The number of hydrogen-bond donors (Lipinski definition) is 1. The Kier molecular flexibility index (Phi) is 3.81. The van der Waals surface area contributed by atoms with Crippen LogP contribution in [0.15, 0.2) is 18.2 Å². The summed E-state index contributed by atoms with van der Waals surface area (Å²) in [5.74, 6) is -0.202. The Labute approximate surface area is 125 Å². The van der Waals surface area contributed by atoms with Crippen molar-refractivity contribution in [2.24, 2.45) is 0 Å². The predicted octanol–water partition coefficient (Wildman–Crippen LogP) is 3.23. The summed E-state index contributed by atoms with van der Waals surface area (Å²) < 4.78 is 15.2. The average Bonchev–Trinajstić information content (AvgIpc) is 3.20. The van der Waals surface area contributed by atoms with E-state index in [2.05, 4.69) is 24.3 Å². The van der Waals surface area contributed by atoms with Gasteiger partial charge in [-0.2, -0.15) is 5.10 Å². The van der Waals surface area contributed by atoms with Crippen LogP contribution >= 0.6 is 0 Å². The quantitative estimate of drug-likeness (QED) is 0.915. The van der Waals surface area contributed by atoms with Gasteiger partial charge in [-0.3, -0.25) is 0 Å². The topological polar surface area (TPSA) is 29.9 Å². The van der Waals surface area contributed by atoms with Crippen LogP contribution < -0.4 is 5.32 Å². The van der Waals surface area contributed by atoms with E-state index >= 15 is 0 Å². The summed E-state index contributed by atoms with van der Waals surface area (Å²) in [7, 11) is 0. The summed E-state index contributed by atoms with van der Waals surface area (Å²) >= 11 is 0. The molecule has 1 aliphatic rings. The minimum Gasteiger partial charge on any atom is -0.314 e. The zero-order valence-corrected chi connectivity index (χ0v) is 12.9. The van der Waals surface area contributed by atoms with Crippen LogP contribution in [0.4, 0.5) is 4.39 Å². The maximum atomic E-state index is 13.3. The van der Waals surface area contributed by atoms with Gasteiger partial charge in [-0.05, 0) is 75.9 Å². The highest BCUT2D eigenvalue weighted by Crippen LogP contribution is 2.22. The summed E-state index contributed by atoms with van der Waals surface area (Å²) in [5.41, 5.74) is 5.38. The Morgan fingerprint density at radius 1 is 1.29 bits per heavy atom. The SMILES string of the molecule is Cc1cc(F)ccc1-n1nc(C)c(CCNC2CC2)c1C. The number of halogens is 1. The van der Waals surface area contributed by atoms with E-state index in [0.717, 1.165) is 41.6 Å². The normalized spacial score (nSPS) is 14.7. The van der Waals surface area contributed by atoms with Crippen LogP contribution in [0.1, 0.15) is 35.4 Å². The van der Waals surface area contributed by atoms with Crippen molar-refractivity contribution in [1.82, 2.24) is 15.1 Å². The van der Waals surface area contributed by atoms with Crippen LogP contribution in [0, 0.1) is 26.6 Å². The summed E-state index contributed by atoms with van der Waals surface area (Å²) in [5, 5.41) is 8.19. The first kappa shape index (κ1) is 14.3. The van der Waals surface area contributed by atoms with Crippen LogP contribution in [0.25, 0.3) is 5.69 Å². The van der Waals surface area contributed by atoms with Gasteiger partial charge in [0.05, 0.1) is 11.4 Å². The Balaban J connectivity index is 1.85. The van der Waals surface area contributed by atoms with E-state index in [-0.39, 0.29) is 5.82 Å². The largest absolute Gasteiger partial charge is 0.314 e. The van der Waals surface area contributed by atoms with Gasteiger partial charge >= 0.3 is 0 Å². The lowest BCUT2D eigenvalue weighted by Crippen LogP contribution is -2.19. The second kappa shape index (κ2) is 5.60. The second-order valence-corrected chi connectivity index (χ2v) is 5.97. The fraction of sp³-hybridized carbons (Fsp3) is 0.471. The lowest BCUT2D eigenvalue weighted by molar-refractivity contribution is 0.625. The zero-order chi connectivity index (χ0) is 15.0. The number of rotatable bonds is 5. The fourth-order valence-electron chi connectivity index (χ4n) is 2.82. The van der Waals surface area contributed by atoms with Crippen molar-refractivity contribution in [3.63, 3.8) is 0 Å². The molecule has 0 unspecified atom stereocenters. The molecule has 1 aromatic carbocycles. The van der Waals surface area contributed by atoms with E-state index in [1.807, 2.05) is 11.6 Å². The molecular weight excluding hydrogens is 265 g/mol. The molecule has 1 saturated carbocycles. The molecule has 1 aromatic heterocycles. The molecule has 1 fully saturated rings. The standard InChI is InChI=1S/C17H22FN3/c1-11-10-14(18)4-7-17(11)21-13(3)16(12(2)20-21)8-9-19-15-5-6-15/h4,7,10,15,19H,5-6,8-9H2,1-3H3. The number of nitrogens with one attached hydrogen (secondary N) is 1. The molecule has 0 radical (unpaired) electrons. The maximum Gasteiger partial charge on any atom is 0.123 e. The van der Waals surface area contributed by atoms with Crippen molar-refractivity contribution in [3.05, 3.63) is 46.5 Å². The second-order valence-electron chi connectivity index (χ2n) is 5.97. The van der Waals surface area contributed by atoms with Gasteiger partial charge in [0.25, 0.3) is 0 Å². The van der Waals surface area contributed by atoms with Crippen molar-refractivity contribution >= 4 is 0 Å². The Morgan fingerprint density at radius 3 is 2.71 bits per heavy atom. The zero-order valence-electron chi connectivity index (χ0n) is 12.9. The predicted molar refractivity (Wildman–Crippen MR) is 82.5 cm³/mol. The third-order valence-electron chi connectivity index (χ3n) is 4.21. The molecule has 112 valence electrons. The van der Waals surface area contributed by atoms with Gasteiger partial charge in [-0.15, -0.1) is 0 Å². The summed E-state index contributed by atoms with van der Waals surface area (Å²) in [6.07, 6.45) is 3.62. The first-order valence-corrected chi connectivity index (χ1v) is 7.61. The van der Waals surface area contributed by atoms with Crippen LogP contribution in [-0.2, 0) is 6.42 Å². The van der Waals surface area contributed by atoms with Gasteiger partial charge in [0.1, 0.15) is 5.82 Å². The summed E-state index contributed by atoms with van der Waals surface area (Å²) in [6, 6.07) is 5.59. The average molecular weight is 287 g/mol. The minimum atomic E-state index is -0.202. The Hall–Kier alpha value is -1.68. The highest BCUT2D eigenvalue weighted by molar-refractivity contribution is 5.43. The molecule has 0 spiro atoms. The van der Waals surface area contributed by atoms with E-state index in [0.29, 0.717) is 0 Å². The van der Waals surface area contributed by atoms with Crippen LogP contribution in [-0.4, -0.2) is 22.4 Å². The van der Waals surface area contributed by atoms with Gasteiger partial charge in [-0.25, -0.2) is 9.07 Å². The highest BCUT2D eigenvalue weighted by atomic mass is 19.1. The van der Waals surface area contributed by atoms with Crippen molar-refractivity contribution in [2.75, 3.05) is 6.54 Å². The van der Waals surface area contributed by atoms with Gasteiger partial charge in [-0.1, -0.05) is 0 Å². The molecule has 0 amide bonds. The van der Waals surface area contributed by atoms with Gasteiger partial charge in [0.2, 0.25) is 0 Å². The van der Waals surface area contributed by atoms with Crippen LogP contribution in [0.3, 0.4) is 0 Å². The van der Waals surface area contributed by atoms with E-state index in [1.54, 1.807) is 12.1 Å². The first-order chi connectivity index (χ1) is 10.1. The molecule has 2 aromatic rings. The number of hydrogen-bond acceptors (Lipinski definition) is 2. The molecule has 1 aliphatic carbocycles. The highest BCUT2D eigenvalue weighted by Gasteiger charge is 2.20. The molecule has 0 bridgehead atoms. The number of aromatic nitrogens is 2. The van der Waals surface area contributed by atoms with Gasteiger partial charge in [0, 0.05) is 11.7 Å². The van der Waals surface area contributed by atoms with Crippen molar-refractivity contribution in [1.29, 1.82) is 0 Å². The Bertz CT molecular complexity index is 656. The smallest absolute Gasteiger partial charge is 0.123 e. The van der Waals surface area contributed by atoms with Crippen LogP contribution in [0.5, 0.6) is 0 Å². The molecular formula is C17H22FN3. The summed E-state index contributed by atoms with van der Waals surface area (Å²) in [6.45, 7) is 7.06. The van der Waals surface area contributed by atoms with Gasteiger partial charge < -0.3 is 5.32 Å². The third kappa shape index (κ3) is 3.00. The van der Waals surface area contributed by atoms with Crippen molar-refractivity contribution < 1.29 is 4.39 Å².